The summed E-state index contributed by atoms with van der Waals surface area (Å²) < 4.78 is 10.7. The highest BCUT2D eigenvalue weighted by Crippen LogP contribution is 2.28. The topological polar surface area (TPSA) is 64.6 Å². The van der Waals surface area contributed by atoms with Gasteiger partial charge < -0.3 is 14.8 Å². The molecule has 2 rings (SSSR count). The molecule has 0 aliphatic rings. The van der Waals surface area contributed by atoms with E-state index in [1.54, 1.807) is 18.2 Å². The number of para-hydroxylation sites is 3. The van der Waals surface area contributed by atoms with Gasteiger partial charge in [-0.25, -0.2) is 0 Å². The number of benzene rings is 2. The summed E-state index contributed by atoms with van der Waals surface area (Å²) in [5.41, 5.74) is 0.524. The van der Waals surface area contributed by atoms with Crippen LogP contribution < -0.4 is 10.1 Å². The first-order valence-electron chi connectivity index (χ1n) is 7.96. The molecule has 5 heteroatoms. The first kappa shape index (κ1) is 17.5. The van der Waals surface area contributed by atoms with Crippen LogP contribution in [-0.2, 0) is 14.3 Å². The Morgan fingerprint density at radius 2 is 1.71 bits per heavy atom. The van der Waals surface area contributed by atoms with Gasteiger partial charge in [0.1, 0.15) is 5.75 Å². The van der Waals surface area contributed by atoms with Gasteiger partial charge in [0, 0.05) is 6.42 Å². The van der Waals surface area contributed by atoms with Crippen molar-refractivity contribution in [2.45, 2.75) is 26.2 Å². The Kier molecular flexibility index (Phi) is 6.83. The molecule has 0 unspecified atom stereocenters. The smallest absolute Gasteiger partial charge is 0.306 e. The van der Waals surface area contributed by atoms with E-state index < -0.39 is 5.91 Å². The van der Waals surface area contributed by atoms with Crippen LogP contribution in [0.3, 0.4) is 0 Å². The standard InChI is InChI=1S/C19H21NO4/c1-2-3-13-19(22)23-14-18(21)20-16-11-7-8-12-17(16)24-15-9-5-4-6-10-15/h4-12H,2-3,13-14H2,1H3,(H,20,21). The molecule has 0 saturated heterocycles. The predicted molar refractivity (Wildman–Crippen MR) is 92.1 cm³/mol. The summed E-state index contributed by atoms with van der Waals surface area (Å²) in [5.74, 6) is 0.435. The molecule has 5 nitrogen and oxygen atoms in total. The number of hydrogen-bond acceptors (Lipinski definition) is 4. The molecule has 1 amide bonds. The Bertz CT molecular complexity index is 670. The van der Waals surface area contributed by atoms with Crippen LogP contribution in [0.2, 0.25) is 0 Å². The second-order valence-corrected chi connectivity index (χ2v) is 5.22. The van der Waals surface area contributed by atoms with Gasteiger partial charge in [-0.1, -0.05) is 43.7 Å². The lowest BCUT2D eigenvalue weighted by Crippen LogP contribution is -2.21. The third-order valence-electron chi connectivity index (χ3n) is 3.23. The molecule has 2 aromatic carbocycles. The minimum atomic E-state index is -0.399. The number of amides is 1. The predicted octanol–water partition coefficient (Wildman–Crippen LogP) is 4.15. The van der Waals surface area contributed by atoms with Crippen LogP contribution in [0.4, 0.5) is 5.69 Å². The fraction of sp³-hybridized carbons (Fsp3) is 0.263. The van der Waals surface area contributed by atoms with Crippen LogP contribution in [-0.4, -0.2) is 18.5 Å². The summed E-state index contributed by atoms with van der Waals surface area (Å²) in [6.45, 7) is 1.69. The third kappa shape index (κ3) is 5.76. The van der Waals surface area contributed by atoms with E-state index >= 15 is 0 Å². The molecule has 0 heterocycles. The Morgan fingerprint density at radius 3 is 2.46 bits per heavy atom. The van der Waals surface area contributed by atoms with Gasteiger partial charge in [-0.2, -0.15) is 0 Å². The fourth-order valence-electron chi connectivity index (χ4n) is 2.00. The summed E-state index contributed by atoms with van der Waals surface area (Å²) in [7, 11) is 0. The molecule has 24 heavy (non-hydrogen) atoms. The van der Waals surface area contributed by atoms with Crippen LogP contribution in [0, 0.1) is 0 Å². The lowest BCUT2D eigenvalue weighted by atomic mass is 10.2. The maximum atomic E-state index is 12.0. The maximum Gasteiger partial charge on any atom is 0.306 e. The average Bonchev–Trinajstić information content (AvgIpc) is 2.61. The van der Waals surface area contributed by atoms with Gasteiger partial charge in [0.25, 0.3) is 5.91 Å². The van der Waals surface area contributed by atoms with Gasteiger partial charge in [0.2, 0.25) is 0 Å². The average molecular weight is 327 g/mol. The SMILES string of the molecule is CCCCC(=O)OCC(=O)Nc1ccccc1Oc1ccccc1. The molecule has 1 N–H and O–H groups in total. The van der Waals surface area contributed by atoms with Crippen molar-refractivity contribution in [3.05, 3.63) is 54.6 Å². The number of anilines is 1. The number of esters is 1. The van der Waals surface area contributed by atoms with E-state index in [0.717, 1.165) is 12.8 Å². The fourth-order valence-corrected chi connectivity index (χ4v) is 2.00. The van der Waals surface area contributed by atoms with Gasteiger partial charge in [-0.15, -0.1) is 0 Å². The Morgan fingerprint density at radius 1 is 1.00 bits per heavy atom. The molecule has 2 aromatic rings. The first-order chi connectivity index (χ1) is 11.7. The van der Waals surface area contributed by atoms with Crippen LogP contribution in [0.5, 0.6) is 11.5 Å². The van der Waals surface area contributed by atoms with E-state index in [1.807, 2.05) is 43.3 Å². The third-order valence-corrected chi connectivity index (χ3v) is 3.23. The van der Waals surface area contributed by atoms with Crippen LogP contribution in [0.1, 0.15) is 26.2 Å². The monoisotopic (exact) mass is 327 g/mol. The van der Waals surface area contributed by atoms with Gasteiger partial charge in [-0.3, -0.25) is 9.59 Å². The molecule has 0 atom stereocenters. The number of hydrogen-bond donors (Lipinski definition) is 1. The Balaban J connectivity index is 1.92. The summed E-state index contributed by atoms with van der Waals surface area (Å²) in [4.78, 5) is 23.4. The highest BCUT2D eigenvalue weighted by atomic mass is 16.5. The molecule has 0 aromatic heterocycles. The van der Waals surface area contributed by atoms with Crippen LogP contribution in [0.15, 0.2) is 54.6 Å². The minimum absolute atomic E-state index is 0.303. The van der Waals surface area contributed by atoms with Gasteiger partial charge in [0.05, 0.1) is 5.69 Å². The lowest BCUT2D eigenvalue weighted by molar-refractivity contribution is -0.147. The zero-order valence-corrected chi connectivity index (χ0v) is 13.7. The second kappa shape index (κ2) is 9.35. The van der Waals surface area contributed by atoms with Crippen molar-refractivity contribution in [3.8, 4) is 11.5 Å². The number of unbranched alkanes of at least 4 members (excludes halogenated alkanes) is 1. The quantitative estimate of drug-likeness (QED) is 0.740. The molecular weight excluding hydrogens is 306 g/mol. The highest BCUT2D eigenvalue weighted by Gasteiger charge is 2.11. The number of ether oxygens (including phenoxy) is 2. The van der Waals surface area contributed by atoms with Crippen molar-refractivity contribution in [2.24, 2.45) is 0 Å². The zero-order valence-electron chi connectivity index (χ0n) is 13.7. The van der Waals surface area contributed by atoms with Crippen molar-refractivity contribution in [1.29, 1.82) is 0 Å². The van der Waals surface area contributed by atoms with E-state index in [1.165, 1.54) is 0 Å². The molecule has 0 aliphatic carbocycles. The van der Waals surface area contributed by atoms with Gasteiger partial charge in [-0.05, 0) is 30.7 Å². The van der Waals surface area contributed by atoms with E-state index in [4.69, 9.17) is 9.47 Å². The number of carbonyl (C=O) groups is 2. The molecular formula is C19H21NO4. The van der Waals surface area contributed by atoms with E-state index in [2.05, 4.69) is 5.32 Å². The summed E-state index contributed by atoms with van der Waals surface area (Å²) in [6.07, 6.45) is 2.00. The van der Waals surface area contributed by atoms with E-state index in [9.17, 15) is 9.59 Å². The summed E-state index contributed by atoms with van der Waals surface area (Å²) in [5, 5.41) is 2.70. The summed E-state index contributed by atoms with van der Waals surface area (Å²) in [6, 6.07) is 16.4. The largest absolute Gasteiger partial charge is 0.456 e. The lowest BCUT2D eigenvalue weighted by Gasteiger charge is -2.12. The molecule has 0 spiro atoms. The number of rotatable bonds is 8. The van der Waals surface area contributed by atoms with E-state index in [-0.39, 0.29) is 12.6 Å². The van der Waals surface area contributed by atoms with Crippen LogP contribution >= 0.6 is 0 Å². The zero-order chi connectivity index (χ0) is 17.2. The Hall–Kier alpha value is -2.82. The number of carbonyl (C=O) groups excluding carboxylic acids is 2. The van der Waals surface area contributed by atoms with Crippen molar-refractivity contribution < 1.29 is 19.1 Å². The highest BCUT2D eigenvalue weighted by molar-refractivity contribution is 5.94. The molecule has 0 radical (unpaired) electrons. The van der Waals surface area contributed by atoms with Crippen molar-refractivity contribution in [1.82, 2.24) is 0 Å². The first-order valence-corrected chi connectivity index (χ1v) is 7.96. The molecule has 126 valence electrons. The van der Waals surface area contributed by atoms with Crippen molar-refractivity contribution in [3.63, 3.8) is 0 Å². The van der Waals surface area contributed by atoms with Gasteiger partial charge in [0.15, 0.2) is 12.4 Å². The van der Waals surface area contributed by atoms with Crippen molar-refractivity contribution >= 4 is 17.6 Å². The molecule has 0 saturated carbocycles. The van der Waals surface area contributed by atoms with Crippen molar-refractivity contribution in [2.75, 3.05) is 11.9 Å². The molecule has 0 aliphatic heterocycles. The minimum Gasteiger partial charge on any atom is -0.456 e. The van der Waals surface area contributed by atoms with Gasteiger partial charge >= 0.3 is 5.97 Å². The summed E-state index contributed by atoms with van der Waals surface area (Å²) >= 11 is 0. The van der Waals surface area contributed by atoms with Crippen LogP contribution in [0.25, 0.3) is 0 Å². The Labute approximate surface area is 141 Å². The second-order valence-electron chi connectivity index (χ2n) is 5.22. The maximum absolute atomic E-state index is 12.0. The number of nitrogens with one attached hydrogen (secondary N) is 1. The molecule has 0 fully saturated rings. The van der Waals surface area contributed by atoms with E-state index in [0.29, 0.717) is 23.6 Å². The normalized spacial score (nSPS) is 10.0. The molecule has 0 bridgehead atoms.